The topological polar surface area (TPSA) is 88.4 Å². The van der Waals surface area contributed by atoms with Crippen LogP contribution in [0, 0.1) is 5.92 Å². The average molecular weight is 480 g/mol. The maximum Gasteiger partial charge on any atom is 0.250 e. The Morgan fingerprint density at radius 2 is 1.68 bits per heavy atom. The van der Waals surface area contributed by atoms with Gasteiger partial charge in [0.1, 0.15) is 0 Å². The standard InChI is InChI=1S/C24H26ClN7O2/c25-18-4-6-19(7-5-18)26-22-27-23(30-8-10-34-11-9-30)29-24(28-22)31-13-16-12-17(15-31)20-2-1-3-21(33)32(20)14-16/h1-7,16-17H,8-15H2,(H,26,27,28,29)/t16-,17-/m1/s1. The lowest BCUT2D eigenvalue weighted by Crippen LogP contribution is -2.48. The van der Waals surface area contributed by atoms with Crippen LogP contribution in [0.1, 0.15) is 18.0 Å². The molecular formula is C24H26ClN7O2. The number of benzene rings is 1. The van der Waals surface area contributed by atoms with Gasteiger partial charge in [-0.15, -0.1) is 0 Å². The number of nitrogens with one attached hydrogen (secondary N) is 1. The van der Waals surface area contributed by atoms with Gasteiger partial charge in [-0.05, 0) is 42.7 Å². The highest BCUT2D eigenvalue weighted by Gasteiger charge is 2.36. The normalized spacial score (nSPS) is 21.8. The summed E-state index contributed by atoms with van der Waals surface area (Å²) < 4.78 is 7.46. The number of halogens is 1. The van der Waals surface area contributed by atoms with Crippen molar-refractivity contribution in [3.8, 4) is 0 Å². The van der Waals surface area contributed by atoms with Gasteiger partial charge in [0.05, 0.1) is 13.2 Å². The number of hydrogen-bond donors (Lipinski definition) is 1. The Bertz CT molecular complexity index is 1240. The lowest BCUT2D eigenvalue weighted by molar-refractivity contribution is 0.122. The van der Waals surface area contributed by atoms with Gasteiger partial charge < -0.3 is 24.4 Å². The van der Waals surface area contributed by atoms with Crippen LogP contribution in [0.2, 0.25) is 5.02 Å². The maximum absolute atomic E-state index is 12.4. The van der Waals surface area contributed by atoms with Crippen LogP contribution in [0.4, 0.5) is 23.5 Å². The zero-order valence-corrected chi connectivity index (χ0v) is 19.5. The van der Waals surface area contributed by atoms with Crippen molar-refractivity contribution >= 4 is 35.1 Å². The number of hydrogen-bond acceptors (Lipinski definition) is 8. The largest absolute Gasteiger partial charge is 0.378 e. The van der Waals surface area contributed by atoms with Crippen LogP contribution in [-0.2, 0) is 11.3 Å². The van der Waals surface area contributed by atoms with Crippen molar-refractivity contribution in [3.05, 3.63) is 63.5 Å². The van der Waals surface area contributed by atoms with E-state index in [2.05, 4.69) is 21.2 Å². The lowest BCUT2D eigenvalue weighted by atomic mass is 9.83. The molecule has 1 N–H and O–H groups in total. The van der Waals surface area contributed by atoms with Crippen molar-refractivity contribution < 1.29 is 4.74 Å². The zero-order chi connectivity index (χ0) is 23.1. The molecule has 2 saturated heterocycles. The highest BCUT2D eigenvalue weighted by molar-refractivity contribution is 6.30. The molecule has 3 aromatic rings. The minimum absolute atomic E-state index is 0.0878. The van der Waals surface area contributed by atoms with E-state index in [-0.39, 0.29) is 11.5 Å². The van der Waals surface area contributed by atoms with Crippen molar-refractivity contribution in [1.29, 1.82) is 0 Å². The molecule has 9 nitrogen and oxygen atoms in total. The summed E-state index contributed by atoms with van der Waals surface area (Å²) in [4.78, 5) is 31.2. The SMILES string of the molecule is O=c1cccc2n1C[C@@H]1C[C@@H]2CN(c2nc(Nc3ccc(Cl)cc3)nc(N3CCOCC3)n2)C1. The van der Waals surface area contributed by atoms with E-state index in [0.717, 1.165) is 50.5 Å². The Hall–Kier alpha value is -3.17. The number of morpholine rings is 1. The van der Waals surface area contributed by atoms with Gasteiger partial charge in [-0.2, -0.15) is 15.0 Å². The highest BCUT2D eigenvalue weighted by atomic mass is 35.5. The Morgan fingerprint density at radius 1 is 0.912 bits per heavy atom. The fourth-order valence-corrected chi connectivity index (χ4v) is 5.30. The van der Waals surface area contributed by atoms with E-state index >= 15 is 0 Å². The van der Waals surface area contributed by atoms with Crippen molar-refractivity contribution in [2.45, 2.75) is 18.9 Å². The summed E-state index contributed by atoms with van der Waals surface area (Å²) in [7, 11) is 0. The van der Waals surface area contributed by atoms with Crippen LogP contribution in [0.3, 0.4) is 0 Å². The molecule has 10 heteroatoms. The first-order chi connectivity index (χ1) is 16.6. The molecule has 0 saturated carbocycles. The average Bonchev–Trinajstić information content (AvgIpc) is 2.86. The summed E-state index contributed by atoms with van der Waals surface area (Å²) in [6.07, 6.45) is 1.08. The number of anilines is 4. The third-order valence-corrected chi connectivity index (χ3v) is 7.02. The third kappa shape index (κ3) is 4.21. The van der Waals surface area contributed by atoms with Crippen molar-refractivity contribution in [3.63, 3.8) is 0 Å². The molecule has 2 aromatic heterocycles. The molecule has 0 spiro atoms. The second kappa shape index (κ2) is 8.88. The molecule has 5 heterocycles. The van der Waals surface area contributed by atoms with E-state index in [1.54, 1.807) is 6.07 Å². The van der Waals surface area contributed by atoms with E-state index in [1.165, 1.54) is 0 Å². The monoisotopic (exact) mass is 479 g/mol. The number of rotatable bonds is 4. The Labute approximate surface area is 202 Å². The highest BCUT2D eigenvalue weighted by Crippen LogP contribution is 2.36. The first-order valence-electron chi connectivity index (χ1n) is 11.7. The fraction of sp³-hybridized carbons (Fsp3) is 0.417. The van der Waals surface area contributed by atoms with Crippen LogP contribution >= 0.6 is 11.6 Å². The summed E-state index contributed by atoms with van der Waals surface area (Å²) in [6.45, 7) is 5.11. The van der Waals surface area contributed by atoms with Crippen LogP contribution in [0.5, 0.6) is 0 Å². The smallest absolute Gasteiger partial charge is 0.250 e. The molecule has 0 unspecified atom stereocenters. The predicted octanol–water partition coefficient (Wildman–Crippen LogP) is 2.89. The number of nitrogens with zero attached hydrogens (tertiary/aromatic N) is 6. The molecule has 34 heavy (non-hydrogen) atoms. The van der Waals surface area contributed by atoms with Crippen molar-refractivity contribution in [2.75, 3.05) is 54.5 Å². The Balaban J connectivity index is 1.33. The van der Waals surface area contributed by atoms with E-state index in [1.807, 2.05) is 34.9 Å². The van der Waals surface area contributed by atoms with Gasteiger partial charge in [0.15, 0.2) is 0 Å². The molecular weight excluding hydrogens is 454 g/mol. The quantitative estimate of drug-likeness (QED) is 0.611. The molecule has 3 aliphatic heterocycles. The van der Waals surface area contributed by atoms with Gasteiger partial charge in [-0.3, -0.25) is 4.79 Å². The number of fused-ring (bicyclic) bond motifs is 4. The third-order valence-electron chi connectivity index (χ3n) is 6.77. The van der Waals surface area contributed by atoms with Gasteiger partial charge in [-0.1, -0.05) is 17.7 Å². The molecule has 2 bridgehead atoms. The van der Waals surface area contributed by atoms with Gasteiger partial charge in [-0.25, -0.2) is 0 Å². The maximum atomic E-state index is 12.4. The van der Waals surface area contributed by atoms with Gasteiger partial charge in [0.2, 0.25) is 17.8 Å². The zero-order valence-electron chi connectivity index (χ0n) is 18.7. The summed E-state index contributed by atoms with van der Waals surface area (Å²) in [5.74, 6) is 2.47. The Kier molecular flexibility index (Phi) is 5.58. The van der Waals surface area contributed by atoms with E-state index in [0.29, 0.717) is 42.0 Å². The van der Waals surface area contributed by atoms with Crippen molar-refractivity contribution in [2.24, 2.45) is 5.92 Å². The minimum atomic E-state index is 0.0878. The molecule has 2 atom stereocenters. The van der Waals surface area contributed by atoms with Crippen LogP contribution in [0.15, 0.2) is 47.3 Å². The van der Waals surface area contributed by atoms with Gasteiger partial charge in [0, 0.05) is 61.1 Å². The van der Waals surface area contributed by atoms with E-state index in [9.17, 15) is 4.79 Å². The van der Waals surface area contributed by atoms with Crippen LogP contribution in [-0.4, -0.2) is 58.9 Å². The van der Waals surface area contributed by atoms with Gasteiger partial charge >= 0.3 is 0 Å². The number of ether oxygens (including phenoxy) is 1. The number of pyridine rings is 1. The molecule has 0 amide bonds. The molecule has 176 valence electrons. The predicted molar refractivity (Wildman–Crippen MR) is 131 cm³/mol. The minimum Gasteiger partial charge on any atom is -0.378 e. The first kappa shape index (κ1) is 21.4. The molecule has 0 aliphatic carbocycles. The second-order valence-corrected chi connectivity index (χ2v) is 9.53. The lowest BCUT2D eigenvalue weighted by Gasteiger charge is -2.42. The number of aromatic nitrogens is 4. The number of piperidine rings is 1. The Morgan fingerprint density at radius 3 is 2.47 bits per heavy atom. The van der Waals surface area contributed by atoms with Gasteiger partial charge in [0.25, 0.3) is 5.56 Å². The molecule has 6 rings (SSSR count). The fourth-order valence-electron chi connectivity index (χ4n) is 5.18. The summed E-state index contributed by atoms with van der Waals surface area (Å²) in [5.41, 5.74) is 2.05. The molecule has 2 fully saturated rings. The second-order valence-electron chi connectivity index (χ2n) is 9.09. The van der Waals surface area contributed by atoms with Crippen LogP contribution in [0.25, 0.3) is 0 Å². The summed E-state index contributed by atoms with van der Waals surface area (Å²) in [6, 6.07) is 13.1. The molecule has 3 aliphatic rings. The van der Waals surface area contributed by atoms with Crippen LogP contribution < -0.4 is 20.7 Å². The molecule has 0 radical (unpaired) electrons. The van der Waals surface area contributed by atoms with E-state index < -0.39 is 0 Å². The van der Waals surface area contributed by atoms with E-state index in [4.69, 9.17) is 31.3 Å². The first-order valence-corrected chi connectivity index (χ1v) is 12.1. The summed E-state index contributed by atoms with van der Waals surface area (Å²) >= 11 is 6.04. The van der Waals surface area contributed by atoms with Crippen molar-refractivity contribution in [1.82, 2.24) is 19.5 Å². The molecule has 1 aromatic carbocycles. The summed E-state index contributed by atoms with van der Waals surface area (Å²) in [5, 5.41) is 3.99.